The number of rotatable bonds is 5. The first-order valence-electron chi connectivity index (χ1n) is 9.77. The number of carbonyl (C=O) groups excluding carboxylic acids is 1. The Morgan fingerprint density at radius 2 is 2.10 bits per heavy atom. The number of alkyl halides is 3. The molecule has 164 valence electrons. The van der Waals surface area contributed by atoms with Gasteiger partial charge >= 0.3 is 6.18 Å². The Balaban J connectivity index is 1.50. The second-order valence-electron chi connectivity index (χ2n) is 7.34. The van der Waals surface area contributed by atoms with Gasteiger partial charge in [-0.15, -0.1) is 0 Å². The van der Waals surface area contributed by atoms with Gasteiger partial charge in [0.1, 0.15) is 11.3 Å². The minimum atomic E-state index is -4.46. The number of nitrogens with zero attached hydrogens (tertiary/aromatic N) is 3. The Morgan fingerprint density at radius 1 is 1.32 bits per heavy atom. The molecule has 0 saturated carbocycles. The average molecular weight is 434 g/mol. The molecule has 1 aliphatic heterocycles. The minimum absolute atomic E-state index is 0.0248. The summed E-state index contributed by atoms with van der Waals surface area (Å²) in [4.78, 5) is 12.7. The number of nitrogen functional groups attached to an aromatic ring is 1. The zero-order chi connectivity index (χ0) is 22.0. The van der Waals surface area contributed by atoms with Crippen LogP contribution >= 0.6 is 0 Å². The second-order valence-corrected chi connectivity index (χ2v) is 7.34. The maximum absolute atomic E-state index is 12.9. The van der Waals surface area contributed by atoms with E-state index < -0.39 is 17.6 Å². The van der Waals surface area contributed by atoms with Crippen LogP contribution in [0.15, 0.2) is 41.2 Å². The number of amides is 1. The lowest BCUT2D eigenvalue weighted by atomic mass is 10.1. The maximum atomic E-state index is 12.9. The van der Waals surface area contributed by atoms with E-state index in [0.29, 0.717) is 11.1 Å². The van der Waals surface area contributed by atoms with E-state index in [0.717, 1.165) is 38.1 Å². The van der Waals surface area contributed by atoms with Crippen molar-refractivity contribution in [1.82, 2.24) is 25.6 Å². The molecule has 1 fully saturated rings. The number of nitrogens with two attached hydrogens (primary N) is 1. The van der Waals surface area contributed by atoms with Gasteiger partial charge in [-0.2, -0.15) is 18.3 Å². The fourth-order valence-electron chi connectivity index (χ4n) is 3.58. The normalized spacial score (nSPS) is 15.2. The number of hydrogen-bond acceptors (Lipinski definition) is 6. The fourth-order valence-corrected chi connectivity index (χ4v) is 3.58. The molecule has 0 aliphatic carbocycles. The minimum Gasteiger partial charge on any atom is -0.367 e. The van der Waals surface area contributed by atoms with Gasteiger partial charge in [-0.1, -0.05) is 17.3 Å². The molecule has 3 heterocycles. The van der Waals surface area contributed by atoms with E-state index in [-0.39, 0.29) is 29.7 Å². The number of nitrogens with one attached hydrogen (secondary N) is 2. The van der Waals surface area contributed by atoms with Crippen LogP contribution in [0.1, 0.15) is 40.4 Å². The van der Waals surface area contributed by atoms with E-state index in [1.165, 1.54) is 12.1 Å². The third-order valence-corrected chi connectivity index (χ3v) is 5.21. The van der Waals surface area contributed by atoms with Crippen molar-refractivity contribution in [3.63, 3.8) is 0 Å². The molecule has 2 aromatic heterocycles. The van der Waals surface area contributed by atoms with Crippen LogP contribution in [0.5, 0.6) is 0 Å². The fraction of sp³-hybridized carbons (Fsp3) is 0.350. The van der Waals surface area contributed by atoms with Crippen LogP contribution < -0.4 is 16.4 Å². The number of anilines is 1. The van der Waals surface area contributed by atoms with Gasteiger partial charge in [-0.25, -0.2) is 0 Å². The van der Waals surface area contributed by atoms with Crippen LogP contribution in [0.3, 0.4) is 0 Å². The third kappa shape index (κ3) is 4.55. The predicted octanol–water partition coefficient (Wildman–Crippen LogP) is 2.99. The van der Waals surface area contributed by atoms with E-state index in [9.17, 15) is 18.0 Å². The van der Waals surface area contributed by atoms with E-state index >= 15 is 0 Å². The molecule has 1 aliphatic rings. The van der Waals surface area contributed by atoms with E-state index in [1.54, 1.807) is 12.4 Å². The number of carbonyl (C=O) groups is 1. The van der Waals surface area contributed by atoms with E-state index in [4.69, 9.17) is 10.3 Å². The number of benzene rings is 1. The van der Waals surface area contributed by atoms with Crippen molar-refractivity contribution >= 4 is 11.8 Å². The maximum Gasteiger partial charge on any atom is 0.416 e. The van der Waals surface area contributed by atoms with Gasteiger partial charge in [0.05, 0.1) is 17.8 Å². The molecule has 8 nitrogen and oxygen atoms in total. The summed E-state index contributed by atoms with van der Waals surface area (Å²) in [6.07, 6.45) is 0.791. The molecular weight excluding hydrogens is 413 g/mol. The van der Waals surface area contributed by atoms with Crippen molar-refractivity contribution in [3.8, 4) is 11.3 Å². The van der Waals surface area contributed by atoms with Crippen molar-refractivity contribution in [1.29, 1.82) is 0 Å². The lowest BCUT2D eigenvalue weighted by Crippen LogP contribution is -2.29. The summed E-state index contributed by atoms with van der Waals surface area (Å²) < 4.78 is 45.5. The Morgan fingerprint density at radius 3 is 2.84 bits per heavy atom. The van der Waals surface area contributed by atoms with E-state index in [2.05, 4.69) is 20.9 Å². The van der Waals surface area contributed by atoms with Crippen molar-refractivity contribution in [2.24, 2.45) is 0 Å². The quantitative estimate of drug-likeness (QED) is 0.569. The Labute approximate surface area is 175 Å². The van der Waals surface area contributed by atoms with Gasteiger partial charge in [-0.05, 0) is 43.6 Å². The Hall–Kier alpha value is -3.34. The first-order chi connectivity index (χ1) is 14.8. The smallest absolute Gasteiger partial charge is 0.367 e. The molecule has 0 radical (unpaired) electrons. The number of halogens is 3. The highest BCUT2D eigenvalue weighted by Gasteiger charge is 2.30. The summed E-state index contributed by atoms with van der Waals surface area (Å²) in [6.45, 7) is 1.70. The van der Waals surface area contributed by atoms with Gasteiger partial charge < -0.3 is 20.9 Å². The van der Waals surface area contributed by atoms with Crippen LogP contribution in [-0.2, 0) is 12.7 Å². The molecule has 1 saturated heterocycles. The molecule has 0 bridgehead atoms. The molecule has 4 rings (SSSR count). The summed E-state index contributed by atoms with van der Waals surface area (Å²) in [5.74, 6) is -0.771. The van der Waals surface area contributed by atoms with Crippen LogP contribution in [0.2, 0.25) is 0 Å². The first-order valence-corrected chi connectivity index (χ1v) is 9.77. The van der Waals surface area contributed by atoms with E-state index in [1.807, 2.05) is 4.68 Å². The highest BCUT2D eigenvalue weighted by molar-refractivity contribution is 6.03. The summed E-state index contributed by atoms with van der Waals surface area (Å²) in [6, 6.07) is 5.00. The topological polar surface area (TPSA) is 111 Å². The first kappa shape index (κ1) is 20.9. The van der Waals surface area contributed by atoms with Gasteiger partial charge in [0, 0.05) is 18.3 Å². The highest BCUT2D eigenvalue weighted by atomic mass is 19.4. The summed E-state index contributed by atoms with van der Waals surface area (Å²) in [5.41, 5.74) is 6.16. The standard InChI is InChI=1S/C20H21F3N6O2/c21-20(22,23)14-3-1-2-12(8-14)9-26-19(30)16-17(28-31-18(16)24)13-10-27-29(11-13)15-4-6-25-7-5-15/h1-3,8,10-11,15,25H,4-7,9,24H2,(H,26,30). The van der Waals surface area contributed by atoms with Crippen LogP contribution in [0.25, 0.3) is 11.3 Å². The zero-order valence-corrected chi connectivity index (χ0v) is 16.4. The molecule has 0 unspecified atom stereocenters. The molecule has 4 N–H and O–H groups in total. The van der Waals surface area contributed by atoms with Crippen molar-refractivity contribution in [3.05, 3.63) is 53.3 Å². The number of hydrogen-bond donors (Lipinski definition) is 3. The molecule has 0 spiro atoms. The predicted molar refractivity (Wildman–Crippen MR) is 106 cm³/mol. The Bertz CT molecular complexity index is 1070. The lowest BCUT2D eigenvalue weighted by molar-refractivity contribution is -0.137. The van der Waals surface area contributed by atoms with Crippen LogP contribution in [0.4, 0.5) is 19.1 Å². The molecule has 1 aromatic carbocycles. The number of piperidine rings is 1. The largest absolute Gasteiger partial charge is 0.416 e. The molecule has 1 amide bonds. The third-order valence-electron chi connectivity index (χ3n) is 5.21. The Kier molecular flexibility index (Phi) is 5.68. The molecule has 11 heteroatoms. The number of aromatic nitrogens is 3. The van der Waals surface area contributed by atoms with Gasteiger partial charge in [0.15, 0.2) is 0 Å². The monoisotopic (exact) mass is 434 g/mol. The highest BCUT2D eigenvalue weighted by Crippen LogP contribution is 2.30. The molecule has 31 heavy (non-hydrogen) atoms. The average Bonchev–Trinajstić information content (AvgIpc) is 3.39. The van der Waals surface area contributed by atoms with Crippen molar-refractivity contribution in [2.75, 3.05) is 18.8 Å². The molecular formula is C20H21F3N6O2. The van der Waals surface area contributed by atoms with Gasteiger partial charge in [0.2, 0.25) is 5.88 Å². The molecule has 3 aromatic rings. The summed E-state index contributed by atoms with van der Waals surface area (Å²) in [7, 11) is 0. The van der Waals surface area contributed by atoms with Crippen LogP contribution in [-0.4, -0.2) is 33.9 Å². The zero-order valence-electron chi connectivity index (χ0n) is 16.4. The SMILES string of the molecule is Nc1onc(-c2cnn(C3CCNCC3)c2)c1C(=O)NCc1cccc(C(F)(F)F)c1. The van der Waals surface area contributed by atoms with Crippen molar-refractivity contribution < 1.29 is 22.5 Å². The van der Waals surface area contributed by atoms with Crippen LogP contribution in [0, 0.1) is 0 Å². The van der Waals surface area contributed by atoms with Crippen molar-refractivity contribution in [2.45, 2.75) is 31.6 Å². The van der Waals surface area contributed by atoms with Gasteiger partial charge in [-0.3, -0.25) is 9.48 Å². The summed E-state index contributed by atoms with van der Waals surface area (Å²) in [5, 5.41) is 14.1. The summed E-state index contributed by atoms with van der Waals surface area (Å²) >= 11 is 0. The molecule has 0 atom stereocenters. The second kappa shape index (κ2) is 8.42. The lowest BCUT2D eigenvalue weighted by Gasteiger charge is -2.22. The van der Waals surface area contributed by atoms with Gasteiger partial charge in [0.25, 0.3) is 5.91 Å².